The molecule has 8 heteroatoms. The molecule has 1 heterocycles. The highest BCUT2D eigenvalue weighted by molar-refractivity contribution is 6.31. The van der Waals surface area contributed by atoms with Crippen molar-refractivity contribution in [2.45, 2.75) is 26.2 Å². The zero-order valence-corrected chi connectivity index (χ0v) is 16.2. The predicted octanol–water partition coefficient (Wildman–Crippen LogP) is 3.44. The Morgan fingerprint density at radius 3 is 2.71 bits per heavy atom. The van der Waals surface area contributed by atoms with Crippen molar-refractivity contribution >= 4 is 23.4 Å². The van der Waals surface area contributed by atoms with Gasteiger partial charge in [0.15, 0.2) is 11.5 Å². The summed E-state index contributed by atoms with van der Waals surface area (Å²) >= 11 is 6.24. The van der Waals surface area contributed by atoms with E-state index in [1.165, 1.54) is 13.2 Å². The Morgan fingerprint density at radius 2 is 2.07 bits per heavy atom. The number of aromatic hydroxyl groups is 1. The highest BCUT2D eigenvalue weighted by atomic mass is 35.5. The first-order valence-corrected chi connectivity index (χ1v) is 8.92. The number of benzene rings is 1. The van der Waals surface area contributed by atoms with Crippen LogP contribution >= 0.6 is 11.6 Å². The van der Waals surface area contributed by atoms with E-state index in [2.05, 4.69) is 4.98 Å². The molecule has 1 aromatic heterocycles. The van der Waals surface area contributed by atoms with Crippen LogP contribution in [0.1, 0.15) is 47.1 Å². The maximum absolute atomic E-state index is 12.4. The summed E-state index contributed by atoms with van der Waals surface area (Å²) in [5, 5.41) is 19.9. The Kier molecular flexibility index (Phi) is 7.36. The number of carbonyl (C=O) groups excluding carboxylic acids is 2. The summed E-state index contributed by atoms with van der Waals surface area (Å²) in [5.41, 5.74) is 0.652. The number of hydrogen-bond donors (Lipinski definition) is 1. The van der Waals surface area contributed by atoms with Gasteiger partial charge in [0, 0.05) is 29.1 Å². The van der Waals surface area contributed by atoms with Gasteiger partial charge in [-0.15, -0.1) is 0 Å². The number of rotatable bonds is 8. The van der Waals surface area contributed by atoms with Crippen molar-refractivity contribution in [1.82, 2.24) is 4.98 Å². The Balaban J connectivity index is 2.36. The minimum absolute atomic E-state index is 0.0875. The molecule has 0 spiro atoms. The minimum Gasteiger partial charge on any atom is -0.504 e. The summed E-state index contributed by atoms with van der Waals surface area (Å²) in [6, 6.07) is 8.40. The molecule has 28 heavy (non-hydrogen) atoms. The van der Waals surface area contributed by atoms with Crippen LogP contribution in [0, 0.1) is 11.3 Å². The van der Waals surface area contributed by atoms with Crippen molar-refractivity contribution in [1.29, 1.82) is 5.26 Å². The van der Waals surface area contributed by atoms with Gasteiger partial charge in [-0.05, 0) is 25.1 Å². The zero-order valence-electron chi connectivity index (χ0n) is 15.5. The summed E-state index contributed by atoms with van der Waals surface area (Å²) < 4.78 is 10.1. The Bertz CT molecular complexity index is 937. The van der Waals surface area contributed by atoms with Crippen molar-refractivity contribution in [2.24, 2.45) is 0 Å². The quantitative estimate of drug-likeness (QED) is 0.532. The first kappa shape index (κ1) is 21.2. The number of nitrogens with zero attached hydrogens (tertiary/aromatic N) is 2. The van der Waals surface area contributed by atoms with E-state index in [1.807, 2.05) is 6.07 Å². The monoisotopic (exact) mass is 402 g/mol. The van der Waals surface area contributed by atoms with Crippen LogP contribution in [0.4, 0.5) is 0 Å². The maximum Gasteiger partial charge on any atom is 0.306 e. The van der Waals surface area contributed by atoms with Crippen molar-refractivity contribution in [3.63, 3.8) is 0 Å². The lowest BCUT2D eigenvalue weighted by molar-refractivity contribution is -0.143. The third-order valence-corrected chi connectivity index (χ3v) is 4.30. The molecule has 0 amide bonds. The van der Waals surface area contributed by atoms with Gasteiger partial charge in [-0.3, -0.25) is 9.59 Å². The fraction of sp³-hybridized carbons (Fsp3) is 0.300. The van der Waals surface area contributed by atoms with Gasteiger partial charge in [0.2, 0.25) is 0 Å². The van der Waals surface area contributed by atoms with Crippen LogP contribution in [0.5, 0.6) is 11.5 Å². The molecule has 7 nitrogen and oxygen atoms in total. The van der Waals surface area contributed by atoms with Crippen molar-refractivity contribution in [3.8, 4) is 17.6 Å². The maximum atomic E-state index is 12.4. The van der Waals surface area contributed by atoms with Crippen LogP contribution < -0.4 is 4.74 Å². The van der Waals surface area contributed by atoms with Crippen LogP contribution in [0.25, 0.3) is 0 Å². The normalized spacial score (nSPS) is 10.2. The first-order valence-electron chi connectivity index (χ1n) is 8.54. The molecule has 0 atom stereocenters. The number of hydrogen-bond acceptors (Lipinski definition) is 7. The van der Waals surface area contributed by atoms with E-state index in [9.17, 15) is 20.0 Å². The fourth-order valence-electron chi connectivity index (χ4n) is 2.61. The van der Waals surface area contributed by atoms with Gasteiger partial charge >= 0.3 is 5.97 Å². The van der Waals surface area contributed by atoms with Crippen LogP contribution in [0.2, 0.25) is 5.02 Å². The largest absolute Gasteiger partial charge is 0.504 e. The van der Waals surface area contributed by atoms with Gasteiger partial charge in [-0.25, -0.2) is 4.98 Å². The smallest absolute Gasteiger partial charge is 0.306 e. The summed E-state index contributed by atoms with van der Waals surface area (Å²) in [7, 11) is 1.50. The molecule has 1 aromatic carbocycles. The van der Waals surface area contributed by atoms with E-state index in [0.717, 1.165) is 0 Å². The SMILES string of the molecule is CCOC(=O)CCC(=O)c1nc(Cc2c(Cl)cccc2OC)cc(C#N)c1O. The van der Waals surface area contributed by atoms with Crippen molar-refractivity contribution in [2.75, 3.05) is 13.7 Å². The minimum atomic E-state index is -0.560. The Labute approximate surface area is 167 Å². The molecule has 0 unspecified atom stereocenters. The molecule has 0 bridgehead atoms. The lowest BCUT2D eigenvalue weighted by Gasteiger charge is -2.12. The number of ether oxygens (including phenoxy) is 2. The Morgan fingerprint density at radius 1 is 1.32 bits per heavy atom. The van der Waals surface area contributed by atoms with Crippen LogP contribution in [-0.4, -0.2) is 35.6 Å². The lowest BCUT2D eigenvalue weighted by Crippen LogP contribution is -2.11. The second-order valence-corrected chi connectivity index (χ2v) is 6.20. The fourth-order valence-corrected chi connectivity index (χ4v) is 2.84. The number of aromatic nitrogens is 1. The molecule has 0 saturated heterocycles. The van der Waals surface area contributed by atoms with Gasteiger partial charge in [-0.2, -0.15) is 5.26 Å². The molecule has 2 aromatic rings. The molecule has 0 fully saturated rings. The first-order chi connectivity index (χ1) is 13.4. The number of halogens is 1. The number of ketones is 1. The number of nitriles is 1. The predicted molar refractivity (Wildman–Crippen MR) is 102 cm³/mol. The molecule has 1 N–H and O–H groups in total. The summed E-state index contributed by atoms with van der Waals surface area (Å²) in [5.74, 6) is -1.05. The van der Waals surface area contributed by atoms with Gasteiger partial charge in [0.05, 0.1) is 25.7 Å². The number of methoxy groups -OCH3 is 1. The number of Topliss-reactive ketones (excluding diaryl/α,β-unsaturated/α-hetero) is 1. The number of carbonyl (C=O) groups is 2. The van der Waals surface area contributed by atoms with Crippen LogP contribution in [-0.2, 0) is 16.0 Å². The van der Waals surface area contributed by atoms with Crippen molar-refractivity contribution < 1.29 is 24.2 Å². The number of pyridine rings is 1. The van der Waals surface area contributed by atoms with E-state index < -0.39 is 17.5 Å². The summed E-state index contributed by atoms with van der Waals surface area (Å²) in [4.78, 5) is 28.1. The zero-order chi connectivity index (χ0) is 20.7. The highest BCUT2D eigenvalue weighted by Crippen LogP contribution is 2.30. The molecule has 0 aliphatic heterocycles. The molecule has 2 rings (SSSR count). The summed E-state index contributed by atoms with van der Waals surface area (Å²) in [6.45, 7) is 1.88. The highest BCUT2D eigenvalue weighted by Gasteiger charge is 2.20. The van der Waals surface area contributed by atoms with E-state index in [0.29, 0.717) is 22.0 Å². The molecular weight excluding hydrogens is 384 g/mol. The van der Waals surface area contributed by atoms with Crippen LogP contribution in [0.15, 0.2) is 24.3 Å². The second-order valence-electron chi connectivity index (χ2n) is 5.80. The van der Waals surface area contributed by atoms with Gasteiger partial charge in [0.25, 0.3) is 0 Å². The lowest BCUT2D eigenvalue weighted by atomic mass is 10.0. The third-order valence-electron chi connectivity index (χ3n) is 3.95. The molecule has 146 valence electrons. The average Bonchev–Trinajstić information content (AvgIpc) is 2.68. The van der Waals surface area contributed by atoms with E-state index in [1.54, 1.807) is 25.1 Å². The molecular formula is C20H19ClN2O5. The van der Waals surface area contributed by atoms with Gasteiger partial charge in [0.1, 0.15) is 17.5 Å². The van der Waals surface area contributed by atoms with Crippen molar-refractivity contribution in [3.05, 3.63) is 51.8 Å². The van der Waals surface area contributed by atoms with Gasteiger partial charge < -0.3 is 14.6 Å². The Hall–Kier alpha value is -3.11. The second kappa shape index (κ2) is 9.72. The molecule has 0 saturated carbocycles. The van der Waals surface area contributed by atoms with Crippen LogP contribution in [0.3, 0.4) is 0 Å². The van der Waals surface area contributed by atoms with E-state index >= 15 is 0 Å². The number of esters is 1. The molecule has 0 radical (unpaired) electrons. The molecule has 0 aliphatic rings. The topological polar surface area (TPSA) is 110 Å². The van der Waals surface area contributed by atoms with E-state index in [4.69, 9.17) is 21.1 Å². The standard InChI is InChI=1S/C20H19ClN2O5/c1-3-28-18(25)8-7-16(24)19-20(26)12(11-22)9-13(23-19)10-14-15(21)5-4-6-17(14)27-2/h4-6,9,26H,3,7-8,10H2,1-2H3. The molecule has 0 aliphatic carbocycles. The summed E-state index contributed by atoms with van der Waals surface area (Å²) in [6.07, 6.45) is -0.142. The third kappa shape index (κ3) is 4.99. The van der Waals surface area contributed by atoms with Gasteiger partial charge in [-0.1, -0.05) is 17.7 Å². The van der Waals surface area contributed by atoms with E-state index in [-0.39, 0.29) is 37.1 Å². The average molecular weight is 403 g/mol.